The Bertz CT molecular complexity index is 800. The molecule has 0 amide bonds. The van der Waals surface area contributed by atoms with Gasteiger partial charge in [0, 0.05) is 5.39 Å². The number of hydrogen-bond donors (Lipinski definition) is 0. The van der Waals surface area contributed by atoms with Gasteiger partial charge in [-0.05, 0) is 11.5 Å². The number of anilines is 1. The van der Waals surface area contributed by atoms with Crippen LogP contribution in [0.25, 0.3) is 10.8 Å². The smallest absolute Gasteiger partial charge is 0.730 e. The van der Waals surface area contributed by atoms with Gasteiger partial charge in [0.1, 0.15) is 0 Å². The van der Waals surface area contributed by atoms with Crippen LogP contribution in [0.4, 0.5) is 5.69 Å². The molecule has 0 atom stereocenters. The maximum atomic E-state index is 11.0. The van der Waals surface area contributed by atoms with Crippen molar-refractivity contribution in [2.24, 2.45) is 0 Å². The number of benzene rings is 2. The Morgan fingerprint density at radius 1 is 0.762 bits per heavy atom. The van der Waals surface area contributed by atoms with Crippen molar-refractivity contribution in [2.75, 3.05) is 3.71 Å². The topological polar surface area (TPSA) is 118 Å². The van der Waals surface area contributed by atoms with Crippen LogP contribution >= 0.6 is 0 Å². The van der Waals surface area contributed by atoms with Gasteiger partial charge in [-0.2, -0.15) is 3.71 Å². The molecule has 0 aromatic heterocycles. The summed E-state index contributed by atoms with van der Waals surface area (Å²) in [7, 11) is -11.0. The van der Waals surface area contributed by atoms with Gasteiger partial charge in [0.05, 0.1) is 5.69 Å². The van der Waals surface area contributed by atoms with E-state index in [1.54, 1.807) is 18.2 Å². The van der Waals surface area contributed by atoms with Gasteiger partial charge < -0.3 is 9.11 Å². The van der Waals surface area contributed by atoms with E-state index in [0.29, 0.717) is 5.39 Å². The van der Waals surface area contributed by atoms with Crippen molar-refractivity contribution in [3.63, 3.8) is 0 Å². The predicted octanol–water partition coefficient (Wildman–Crippen LogP) is -5.43. The number of rotatable bonds is 3. The first-order valence-corrected chi connectivity index (χ1v) is 7.64. The van der Waals surface area contributed by atoms with E-state index in [0.717, 1.165) is 6.07 Å². The molecule has 0 aliphatic heterocycles. The van der Waals surface area contributed by atoms with Crippen molar-refractivity contribution < 1.29 is 85.1 Å². The fourth-order valence-corrected chi connectivity index (χ4v) is 3.41. The van der Waals surface area contributed by atoms with Gasteiger partial charge in [0.25, 0.3) is 0 Å². The van der Waals surface area contributed by atoms with Crippen LogP contribution in [0.1, 0.15) is 0 Å². The van der Waals surface area contributed by atoms with Crippen LogP contribution in [0.15, 0.2) is 42.5 Å². The van der Waals surface area contributed by atoms with Gasteiger partial charge in [0.2, 0.25) is 0 Å². The van der Waals surface area contributed by atoms with Crippen molar-refractivity contribution in [2.45, 2.75) is 0 Å². The number of nitrogens with zero attached hydrogens (tertiary/aromatic N) is 1. The molecule has 0 radical (unpaired) electrons. The van der Waals surface area contributed by atoms with Gasteiger partial charge in [0.15, 0.2) is 20.6 Å². The molecule has 0 heterocycles. The molecule has 11 heteroatoms. The van der Waals surface area contributed by atoms with E-state index in [1.807, 2.05) is 0 Å². The zero-order chi connectivity index (χ0) is 14.3. The number of hydrogen-bond acceptors (Lipinski definition) is 6. The molecular formula is C10H7NNa2O6S2. The second-order valence-corrected chi connectivity index (χ2v) is 6.28. The molecule has 0 fully saturated rings. The Kier molecular flexibility index (Phi) is 7.85. The third kappa shape index (κ3) is 4.90. The van der Waals surface area contributed by atoms with Gasteiger partial charge in [-0.15, -0.1) is 0 Å². The Hall–Kier alpha value is 0.320. The zero-order valence-corrected chi connectivity index (χ0v) is 16.9. The Balaban J connectivity index is 0.00000200. The minimum absolute atomic E-state index is 0. The summed E-state index contributed by atoms with van der Waals surface area (Å²) in [6, 6.07) is 10.2. The fraction of sp³-hybridized carbons (Fsp3) is 0. The van der Waals surface area contributed by atoms with Crippen LogP contribution in [0, 0.1) is 0 Å². The van der Waals surface area contributed by atoms with Gasteiger partial charge in [-0.3, -0.25) is 0 Å². The summed E-state index contributed by atoms with van der Waals surface area (Å²) in [6.07, 6.45) is 0. The van der Waals surface area contributed by atoms with Crippen molar-refractivity contribution in [1.29, 1.82) is 0 Å². The van der Waals surface area contributed by atoms with Crippen molar-refractivity contribution in [3.05, 3.63) is 42.5 Å². The van der Waals surface area contributed by atoms with Crippen LogP contribution in [-0.2, 0) is 20.6 Å². The van der Waals surface area contributed by atoms with Crippen molar-refractivity contribution in [3.8, 4) is 0 Å². The summed E-state index contributed by atoms with van der Waals surface area (Å²) in [5.41, 5.74) is -0.483. The summed E-state index contributed by atoms with van der Waals surface area (Å²) < 4.78 is 65.4. The molecule has 21 heavy (non-hydrogen) atoms. The predicted molar refractivity (Wildman–Crippen MR) is 65.8 cm³/mol. The fourth-order valence-electron chi connectivity index (χ4n) is 1.72. The molecule has 2 rings (SSSR count). The normalized spacial score (nSPS) is 11.3. The summed E-state index contributed by atoms with van der Waals surface area (Å²) in [4.78, 5) is 0. The van der Waals surface area contributed by atoms with E-state index in [1.165, 1.54) is 18.2 Å². The quantitative estimate of drug-likeness (QED) is 0.404. The van der Waals surface area contributed by atoms with Crippen LogP contribution in [0.2, 0.25) is 0 Å². The zero-order valence-electron chi connectivity index (χ0n) is 11.3. The first-order chi connectivity index (χ1) is 8.71. The average molecular weight is 347 g/mol. The van der Waals surface area contributed by atoms with Gasteiger partial charge in [-0.25, -0.2) is 16.8 Å². The van der Waals surface area contributed by atoms with E-state index in [9.17, 15) is 25.9 Å². The molecule has 0 unspecified atom stereocenters. The summed E-state index contributed by atoms with van der Waals surface area (Å²) >= 11 is 0. The molecular weight excluding hydrogens is 340 g/mol. The molecule has 0 bridgehead atoms. The van der Waals surface area contributed by atoms with Crippen LogP contribution in [-0.4, -0.2) is 25.9 Å². The van der Waals surface area contributed by atoms with Gasteiger partial charge in [-0.1, -0.05) is 36.4 Å². The molecule has 0 N–H and O–H groups in total. The summed E-state index contributed by atoms with van der Waals surface area (Å²) in [6.45, 7) is 0. The largest absolute Gasteiger partial charge is 1.00 e. The van der Waals surface area contributed by atoms with Crippen LogP contribution < -0.4 is 62.8 Å². The maximum absolute atomic E-state index is 11.0. The molecule has 0 saturated heterocycles. The first kappa shape index (κ1) is 21.3. The molecule has 0 aliphatic carbocycles. The first-order valence-electron chi connectivity index (χ1n) is 4.91. The van der Waals surface area contributed by atoms with Gasteiger partial charge >= 0.3 is 59.1 Å². The minimum Gasteiger partial charge on any atom is -0.730 e. The third-order valence-corrected chi connectivity index (χ3v) is 4.67. The van der Waals surface area contributed by atoms with E-state index < -0.39 is 30.0 Å². The molecule has 7 nitrogen and oxygen atoms in total. The monoisotopic (exact) mass is 347 g/mol. The van der Waals surface area contributed by atoms with E-state index in [2.05, 4.69) is 0 Å². The van der Waals surface area contributed by atoms with E-state index in [4.69, 9.17) is 0 Å². The summed E-state index contributed by atoms with van der Waals surface area (Å²) in [5, 5.41) is 0.668. The van der Waals surface area contributed by atoms with Crippen LogP contribution in [0.5, 0.6) is 0 Å². The molecule has 0 saturated carbocycles. The second kappa shape index (κ2) is 7.73. The Labute approximate surface area is 166 Å². The molecule has 0 aliphatic rings. The molecule has 0 spiro atoms. The third-order valence-electron chi connectivity index (χ3n) is 2.37. The second-order valence-electron chi connectivity index (χ2n) is 3.61. The standard InChI is InChI=1S/C10H9NO6S2.2Na/c12-18(13,14)11(19(15,16)17)10-7-3-5-8-4-1-2-6-9(8)10;;/h1-7H,(H,12,13,14)(H,15,16,17);;/q;2*+1/p-2. The average Bonchev–Trinajstić information content (AvgIpc) is 2.25. The molecule has 2 aromatic rings. The SMILES string of the molecule is O=S(=O)([O-])N(c1cccc2ccccc12)S(=O)(=O)[O-].[Na+].[Na+]. The van der Waals surface area contributed by atoms with Crippen molar-refractivity contribution in [1.82, 2.24) is 0 Å². The van der Waals surface area contributed by atoms with E-state index in [-0.39, 0.29) is 64.5 Å². The van der Waals surface area contributed by atoms with Crippen LogP contribution in [0.3, 0.4) is 0 Å². The van der Waals surface area contributed by atoms with E-state index >= 15 is 0 Å². The maximum Gasteiger partial charge on any atom is 1.00 e. The molecule has 102 valence electrons. The minimum atomic E-state index is -5.48. The molecule has 2 aromatic carbocycles. The Morgan fingerprint density at radius 3 is 1.76 bits per heavy atom. The summed E-state index contributed by atoms with van der Waals surface area (Å²) in [5.74, 6) is 0. The van der Waals surface area contributed by atoms with Crippen molar-refractivity contribution >= 4 is 37.1 Å². The Morgan fingerprint density at radius 2 is 1.24 bits per heavy atom. The number of fused-ring (bicyclic) bond motifs is 1.